The predicted molar refractivity (Wildman–Crippen MR) is 54.8 cm³/mol. The van der Waals surface area contributed by atoms with E-state index in [9.17, 15) is 4.79 Å². The molecule has 82 valence electrons. The lowest BCUT2D eigenvalue weighted by Crippen LogP contribution is -2.47. The van der Waals surface area contributed by atoms with Crippen molar-refractivity contribution in [1.82, 2.24) is 5.32 Å². The third-order valence-corrected chi connectivity index (χ3v) is 2.04. The van der Waals surface area contributed by atoms with Gasteiger partial charge in [0, 0.05) is 6.04 Å². The van der Waals surface area contributed by atoms with Crippen LogP contribution in [0.3, 0.4) is 0 Å². The summed E-state index contributed by atoms with van der Waals surface area (Å²) in [7, 11) is 0. The molecule has 0 saturated heterocycles. The van der Waals surface area contributed by atoms with Crippen LogP contribution in [-0.4, -0.2) is 30.2 Å². The Kier molecular flexibility index (Phi) is 3.50. The number of ether oxygens (including phenoxy) is 1. The molecule has 0 aromatic carbocycles. The minimum Gasteiger partial charge on any atom is -0.374 e. The van der Waals surface area contributed by atoms with Crippen molar-refractivity contribution in [3.63, 3.8) is 0 Å². The first-order chi connectivity index (χ1) is 6.38. The van der Waals surface area contributed by atoms with Gasteiger partial charge in [0.25, 0.3) is 0 Å². The normalized spacial score (nSPS) is 19.4. The third-order valence-electron chi connectivity index (χ3n) is 2.04. The van der Waals surface area contributed by atoms with E-state index in [1.165, 1.54) is 0 Å². The molecule has 1 atom stereocenters. The summed E-state index contributed by atoms with van der Waals surface area (Å²) in [5.41, 5.74) is 5.04. The lowest BCUT2D eigenvalue weighted by atomic mass is 10.2. The van der Waals surface area contributed by atoms with Gasteiger partial charge < -0.3 is 15.8 Å². The number of amides is 1. The van der Waals surface area contributed by atoms with Crippen LogP contribution in [0.4, 0.5) is 0 Å². The second kappa shape index (κ2) is 4.28. The fourth-order valence-electron chi connectivity index (χ4n) is 1.08. The fourth-order valence-corrected chi connectivity index (χ4v) is 1.08. The van der Waals surface area contributed by atoms with Crippen molar-refractivity contribution in [3.8, 4) is 0 Å². The molecule has 0 aliphatic heterocycles. The fraction of sp³-hybridized carbons (Fsp3) is 0.900. The van der Waals surface area contributed by atoms with Gasteiger partial charge in [-0.15, -0.1) is 0 Å². The van der Waals surface area contributed by atoms with Crippen LogP contribution >= 0.6 is 0 Å². The Morgan fingerprint density at radius 2 is 2.14 bits per heavy atom. The Hall–Kier alpha value is -0.610. The number of primary amides is 1. The van der Waals surface area contributed by atoms with Crippen LogP contribution in [0.25, 0.3) is 0 Å². The van der Waals surface area contributed by atoms with E-state index in [1.54, 1.807) is 0 Å². The molecule has 4 heteroatoms. The molecule has 1 amide bonds. The van der Waals surface area contributed by atoms with Gasteiger partial charge in [-0.2, -0.15) is 0 Å². The SMILES string of the molecule is CC(C)(C)OCC(NC1CC1)C(N)=O. The number of nitrogens with two attached hydrogens (primary N) is 1. The average molecular weight is 200 g/mol. The largest absolute Gasteiger partial charge is 0.374 e. The highest BCUT2D eigenvalue weighted by molar-refractivity contribution is 5.80. The van der Waals surface area contributed by atoms with Gasteiger partial charge in [0.15, 0.2) is 0 Å². The van der Waals surface area contributed by atoms with E-state index >= 15 is 0 Å². The van der Waals surface area contributed by atoms with Crippen LogP contribution in [0.2, 0.25) is 0 Å². The molecule has 0 radical (unpaired) electrons. The van der Waals surface area contributed by atoms with Crippen LogP contribution in [0, 0.1) is 0 Å². The summed E-state index contributed by atoms with van der Waals surface area (Å²) in [6, 6.07) is 0.123. The Bertz CT molecular complexity index is 207. The zero-order valence-electron chi connectivity index (χ0n) is 9.17. The molecule has 1 aliphatic rings. The van der Waals surface area contributed by atoms with Crippen LogP contribution in [0.15, 0.2) is 0 Å². The minimum absolute atomic E-state index is 0.223. The van der Waals surface area contributed by atoms with E-state index in [2.05, 4.69) is 5.32 Å². The van der Waals surface area contributed by atoms with Gasteiger partial charge in [0.2, 0.25) is 5.91 Å². The van der Waals surface area contributed by atoms with Gasteiger partial charge in [-0.05, 0) is 33.6 Å². The van der Waals surface area contributed by atoms with Crippen molar-refractivity contribution < 1.29 is 9.53 Å². The number of nitrogens with one attached hydrogen (secondary N) is 1. The summed E-state index contributed by atoms with van der Waals surface area (Å²) in [6.07, 6.45) is 2.28. The van der Waals surface area contributed by atoms with Gasteiger partial charge in [-0.3, -0.25) is 4.79 Å². The van der Waals surface area contributed by atoms with E-state index in [0.29, 0.717) is 12.6 Å². The standard InChI is InChI=1S/C10H20N2O2/c1-10(2,3)14-6-8(9(11)13)12-7-4-5-7/h7-8,12H,4-6H2,1-3H3,(H2,11,13). The first kappa shape index (κ1) is 11.5. The van der Waals surface area contributed by atoms with Crippen LogP contribution in [0.5, 0.6) is 0 Å². The lowest BCUT2D eigenvalue weighted by molar-refractivity contribution is -0.123. The Morgan fingerprint density at radius 3 is 2.50 bits per heavy atom. The highest BCUT2D eigenvalue weighted by Crippen LogP contribution is 2.19. The van der Waals surface area contributed by atoms with Crippen molar-refractivity contribution in [1.29, 1.82) is 0 Å². The molecular weight excluding hydrogens is 180 g/mol. The molecule has 1 rings (SSSR count). The summed E-state index contributed by atoms with van der Waals surface area (Å²) < 4.78 is 5.52. The zero-order valence-corrected chi connectivity index (χ0v) is 9.17. The maximum atomic E-state index is 11.1. The predicted octanol–water partition coefficient (Wildman–Crippen LogP) is 0.407. The minimum atomic E-state index is -0.346. The summed E-state index contributed by atoms with van der Waals surface area (Å²) in [6.45, 7) is 6.24. The van der Waals surface area contributed by atoms with E-state index in [4.69, 9.17) is 10.5 Å². The molecule has 1 fully saturated rings. The Balaban J connectivity index is 2.31. The van der Waals surface area contributed by atoms with E-state index < -0.39 is 0 Å². The van der Waals surface area contributed by atoms with Crippen LogP contribution < -0.4 is 11.1 Å². The lowest BCUT2D eigenvalue weighted by Gasteiger charge is -2.23. The molecule has 4 nitrogen and oxygen atoms in total. The molecule has 1 unspecified atom stereocenters. The van der Waals surface area contributed by atoms with Crippen molar-refractivity contribution in [3.05, 3.63) is 0 Å². The molecule has 1 aliphatic carbocycles. The molecule has 0 spiro atoms. The van der Waals surface area contributed by atoms with Gasteiger partial charge >= 0.3 is 0 Å². The Labute approximate surface area is 85.2 Å². The number of carbonyl (C=O) groups excluding carboxylic acids is 1. The summed E-state index contributed by atoms with van der Waals surface area (Å²) in [4.78, 5) is 11.1. The number of hydrogen-bond donors (Lipinski definition) is 2. The smallest absolute Gasteiger partial charge is 0.236 e. The summed E-state index contributed by atoms with van der Waals surface area (Å²) in [5.74, 6) is -0.332. The molecule has 3 N–H and O–H groups in total. The third kappa shape index (κ3) is 4.58. The Morgan fingerprint density at radius 1 is 1.57 bits per heavy atom. The van der Waals surface area contributed by atoms with Crippen molar-refractivity contribution >= 4 is 5.91 Å². The molecule has 0 bridgehead atoms. The average Bonchev–Trinajstić information content (AvgIpc) is 2.78. The monoisotopic (exact) mass is 200 g/mol. The zero-order chi connectivity index (χ0) is 10.8. The molecule has 0 aromatic rings. The summed E-state index contributed by atoms with van der Waals surface area (Å²) >= 11 is 0. The number of carbonyl (C=O) groups is 1. The highest BCUT2D eigenvalue weighted by atomic mass is 16.5. The van der Waals surface area contributed by atoms with E-state index in [1.807, 2.05) is 20.8 Å². The van der Waals surface area contributed by atoms with Gasteiger partial charge in [0.05, 0.1) is 12.2 Å². The van der Waals surface area contributed by atoms with Crippen molar-refractivity contribution in [2.45, 2.75) is 51.3 Å². The topological polar surface area (TPSA) is 64.3 Å². The van der Waals surface area contributed by atoms with Crippen LogP contribution in [-0.2, 0) is 9.53 Å². The number of hydrogen-bond acceptors (Lipinski definition) is 3. The van der Waals surface area contributed by atoms with Crippen molar-refractivity contribution in [2.24, 2.45) is 5.73 Å². The summed E-state index contributed by atoms with van der Waals surface area (Å²) in [5, 5.41) is 3.16. The van der Waals surface area contributed by atoms with E-state index in [-0.39, 0.29) is 17.6 Å². The maximum Gasteiger partial charge on any atom is 0.236 e. The quantitative estimate of drug-likeness (QED) is 0.675. The molecule has 1 saturated carbocycles. The van der Waals surface area contributed by atoms with Crippen molar-refractivity contribution in [2.75, 3.05) is 6.61 Å². The molecule has 0 heterocycles. The molecule has 14 heavy (non-hydrogen) atoms. The maximum absolute atomic E-state index is 11.1. The number of rotatable bonds is 5. The van der Waals surface area contributed by atoms with Gasteiger partial charge in [0.1, 0.15) is 6.04 Å². The molecule has 0 aromatic heterocycles. The first-order valence-electron chi connectivity index (χ1n) is 5.08. The first-order valence-corrected chi connectivity index (χ1v) is 5.08. The van der Waals surface area contributed by atoms with E-state index in [0.717, 1.165) is 12.8 Å². The molecular formula is C10H20N2O2. The second-order valence-corrected chi connectivity index (χ2v) is 4.82. The highest BCUT2D eigenvalue weighted by Gasteiger charge is 2.28. The second-order valence-electron chi connectivity index (χ2n) is 4.82. The van der Waals surface area contributed by atoms with Crippen LogP contribution in [0.1, 0.15) is 33.6 Å². The van der Waals surface area contributed by atoms with Gasteiger partial charge in [-0.25, -0.2) is 0 Å². The van der Waals surface area contributed by atoms with Gasteiger partial charge in [-0.1, -0.05) is 0 Å².